The summed E-state index contributed by atoms with van der Waals surface area (Å²) in [5, 5.41) is 1.16. The molecule has 1 aliphatic rings. The van der Waals surface area contributed by atoms with Crippen LogP contribution in [0.2, 0.25) is 0 Å². The summed E-state index contributed by atoms with van der Waals surface area (Å²) < 4.78 is 0. The van der Waals surface area contributed by atoms with Crippen LogP contribution in [0.3, 0.4) is 0 Å². The molecule has 2 nitrogen and oxygen atoms in total. The zero-order chi connectivity index (χ0) is 13.2. The molecular formula is C16H20N2S. The van der Waals surface area contributed by atoms with Crippen molar-refractivity contribution in [1.82, 2.24) is 4.98 Å². The Morgan fingerprint density at radius 1 is 1.21 bits per heavy atom. The molecule has 0 radical (unpaired) electrons. The summed E-state index contributed by atoms with van der Waals surface area (Å²) in [4.78, 5) is 6.06. The first-order chi connectivity index (χ1) is 9.28. The van der Waals surface area contributed by atoms with E-state index in [0.717, 1.165) is 17.1 Å². The van der Waals surface area contributed by atoms with Crippen molar-refractivity contribution in [1.29, 1.82) is 0 Å². The lowest BCUT2D eigenvalue weighted by molar-refractivity contribution is 0.686. The molecule has 0 saturated heterocycles. The SMILES string of the molecule is Cc1sc(CCN)nc1-c1ccc2c(c1)CCCC2. The maximum absolute atomic E-state index is 5.62. The monoisotopic (exact) mass is 272 g/mol. The maximum atomic E-state index is 5.62. The van der Waals surface area contributed by atoms with Crippen LogP contribution >= 0.6 is 11.3 Å². The van der Waals surface area contributed by atoms with Crippen LogP contribution in [0.4, 0.5) is 0 Å². The molecule has 3 rings (SSSR count). The number of fused-ring (bicyclic) bond motifs is 1. The summed E-state index contributed by atoms with van der Waals surface area (Å²) in [7, 11) is 0. The third-order valence-electron chi connectivity index (χ3n) is 3.82. The Bertz CT molecular complexity index is 586. The third kappa shape index (κ3) is 2.58. The Labute approximate surface area is 118 Å². The van der Waals surface area contributed by atoms with Gasteiger partial charge >= 0.3 is 0 Å². The number of nitrogens with two attached hydrogens (primary N) is 1. The quantitative estimate of drug-likeness (QED) is 0.928. The normalized spacial score (nSPS) is 14.4. The van der Waals surface area contributed by atoms with Gasteiger partial charge in [-0.15, -0.1) is 11.3 Å². The Kier molecular flexibility index (Phi) is 3.67. The highest BCUT2D eigenvalue weighted by Crippen LogP contribution is 2.31. The van der Waals surface area contributed by atoms with Crippen molar-refractivity contribution in [3.05, 3.63) is 39.2 Å². The molecule has 0 spiro atoms. The summed E-state index contributed by atoms with van der Waals surface area (Å²) in [6.45, 7) is 2.84. The van der Waals surface area contributed by atoms with Crippen LogP contribution in [-0.4, -0.2) is 11.5 Å². The van der Waals surface area contributed by atoms with Crippen LogP contribution in [0.15, 0.2) is 18.2 Å². The number of rotatable bonds is 3. The molecule has 2 aromatic rings. The second kappa shape index (κ2) is 5.43. The molecule has 1 aromatic heterocycles. The molecule has 0 fully saturated rings. The summed E-state index contributed by atoms with van der Waals surface area (Å²) in [5.74, 6) is 0. The van der Waals surface area contributed by atoms with Crippen LogP contribution < -0.4 is 5.73 Å². The smallest absolute Gasteiger partial charge is 0.0947 e. The van der Waals surface area contributed by atoms with Gasteiger partial charge in [0.05, 0.1) is 10.7 Å². The van der Waals surface area contributed by atoms with Crippen molar-refractivity contribution in [3.63, 3.8) is 0 Å². The predicted molar refractivity (Wildman–Crippen MR) is 81.7 cm³/mol. The van der Waals surface area contributed by atoms with E-state index in [1.165, 1.54) is 47.3 Å². The maximum Gasteiger partial charge on any atom is 0.0947 e. The molecule has 0 amide bonds. The average molecular weight is 272 g/mol. The van der Waals surface area contributed by atoms with Crippen LogP contribution in [-0.2, 0) is 19.3 Å². The molecule has 3 heteroatoms. The topological polar surface area (TPSA) is 38.9 Å². The van der Waals surface area contributed by atoms with Gasteiger partial charge in [-0.05, 0) is 56.3 Å². The first kappa shape index (κ1) is 12.8. The van der Waals surface area contributed by atoms with Gasteiger partial charge in [0.2, 0.25) is 0 Å². The van der Waals surface area contributed by atoms with Gasteiger partial charge in [0.15, 0.2) is 0 Å². The average Bonchev–Trinajstić information content (AvgIpc) is 2.79. The summed E-state index contributed by atoms with van der Waals surface area (Å²) in [6, 6.07) is 6.88. The first-order valence-corrected chi connectivity index (χ1v) is 7.88. The van der Waals surface area contributed by atoms with Crippen molar-refractivity contribution >= 4 is 11.3 Å². The second-order valence-electron chi connectivity index (χ2n) is 5.24. The van der Waals surface area contributed by atoms with Crippen LogP contribution in [0.1, 0.15) is 33.9 Å². The molecule has 100 valence electrons. The fourth-order valence-corrected chi connectivity index (χ4v) is 3.80. The lowest BCUT2D eigenvalue weighted by Gasteiger charge is -2.16. The minimum absolute atomic E-state index is 0.677. The Morgan fingerprint density at radius 2 is 2.00 bits per heavy atom. The van der Waals surface area contributed by atoms with E-state index in [-0.39, 0.29) is 0 Å². The zero-order valence-electron chi connectivity index (χ0n) is 11.4. The molecule has 0 bridgehead atoms. The minimum Gasteiger partial charge on any atom is -0.330 e. The van der Waals surface area contributed by atoms with Gasteiger partial charge in [-0.1, -0.05) is 12.1 Å². The van der Waals surface area contributed by atoms with Crippen LogP contribution in [0, 0.1) is 6.92 Å². The molecule has 19 heavy (non-hydrogen) atoms. The summed E-state index contributed by atoms with van der Waals surface area (Å²) >= 11 is 1.78. The summed E-state index contributed by atoms with van der Waals surface area (Å²) in [5.41, 5.74) is 11.1. The van der Waals surface area contributed by atoms with Gasteiger partial charge in [0.1, 0.15) is 0 Å². The molecule has 1 aromatic carbocycles. The number of aryl methyl sites for hydroxylation is 3. The largest absolute Gasteiger partial charge is 0.330 e. The molecule has 0 saturated carbocycles. The lowest BCUT2D eigenvalue weighted by Crippen LogP contribution is -2.03. The summed E-state index contributed by atoms with van der Waals surface area (Å²) in [6.07, 6.45) is 6.01. The van der Waals surface area contributed by atoms with E-state index in [2.05, 4.69) is 25.1 Å². The van der Waals surface area contributed by atoms with Crippen LogP contribution in [0.5, 0.6) is 0 Å². The molecule has 1 aliphatic carbocycles. The zero-order valence-corrected chi connectivity index (χ0v) is 12.2. The van der Waals surface area contributed by atoms with Gasteiger partial charge in [-0.3, -0.25) is 0 Å². The number of hydrogen-bond donors (Lipinski definition) is 1. The van der Waals surface area contributed by atoms with Gasteiger partial charge in [0, 0.05) is 16.9 Å². The van der Waals surface area contributed by atoms with Gasteiger partial charge < -0.3 is 5.73 Å². The highest BCUT2D eigenvalue weighted by Gasteiger charge is 2.13. The second-order valence-corrected chi connectivity index (χ2v) is 6.53. The number of aromatic nitrogens is 1. The number of benzene rings is 1. The fourth-order valence-electron chi connectivity index (χ4n) is 2.83. The van der Waals surface area contributed by atoms with E-state index in [9.17, 15) is 0 Å². The van der Waals surface area contributed by atoms with Crippen molar-refractivity contribution in [2.24, 2.45) is 5.73 Å². The molecule has 0 atom stereocenters. The lowest BCUT2D eigenvalue weighted by atomic mass is 9.90. The van der Waals surface area contributed by atoms with E-state index >= 15 is 0 Å². The fraction of sp³-hybridized carbons (Fsp3) is 0.438. The molecular weight excluding hydrogens is 252 g/mol. The molecule has 0 aliphatic heterocycles. The van der Waals surface area contributed by atoms with Crippen molar-refractivity contribution in [3.8, 4) is 11.3 Å². The molecule has 0 unspecified atom stereocenters. The minimum atomic E-state index is 0.677. The van der Waals surface area contributed by atoms with E-state index in [1.807, 2.05) is 0 Å². The third-order valence-corrected chi connectivity index (χ3v) is 4.85. The van der Waals surface area contributed by atoms with E-state index in [4.69, 9.17) is 10.7 Å². The van der Waals surface area contributed by atoms with E-state index < -0.39 is 0 Å². The van der Waals surface area contributed by atoms with Crippen molar-refractivity contribution in [2.45, 2.75) is 39.0 Å². The predicted octanol–water partition coefficient (Wildman–Crippen LogP) is 3.50. The van der Waals surface area contributed by atoms with Gasteiger partial charge in [-0.25, -0.2) is 4.98 Å². The Balaban J connectivity index is 1.97. The first-order valence-electron chi connectivity index (χ1n) is 7.06. The van der Waals surface area contributed by atoms with Gasteiger partial charge in [-0.2, -0.15) is 0 Å². The van der Waals surface area contributed by atoms with Crippen molar-refractivity contribution in [2.75, 3.05) is 6.54 Å². The van der Waals surface area contributed by atoms with E-state index in [1.54, 1.807) is 11.3 Å². The highest BCUT2D eigenvalue weighted by molar-refractivity contribution is 7.12. The van der Waals surface area contributed by atoms with Crippen molar-refractivity contribution < 1.29 is 0 Å². The Hall–Kier alpha value is -1.19. The number of nitrogens with zero attached hydrogens (tertiary/aromatic N) is 1. The van der Waals surface area contributed by atoms with Crippen LogP contribution in [0.25, 0.3) is 11.3 Å². The number of hydrogen-bond acceptors (Lipinski definition) is 3. The van der Waals surface area contributed by atoms with E-state index in [0.29, 0.717) is 6.54 Å². The molecule has 1 heterocycles. The van der Waals surface area contributed by atoms with Gasteiger partial charge in [0.25, 0.3) is 0 Å². The molecule has 2 N–H and O–H groups in total. The number of thiazole rings is 1. The Morgan fingerprint density at radius 3 is 2.79 bits per heavy atom. The highest BCUT2D eigenvalue weighted by atomic mass is 32.1. The standard InChI is InChI=1S/C16H20N2S/c1-11-16(18-15(19-11)8-9-17)14-7-6-12-4-2-3-5-13(12)10-14/h6-7,10H,2-5,8-9,17H2,1H3.